The summed E-state index contributed by atoms with van der Waals surface area (Å²) in [6, 6.07) is 12.4. The maximum absolute atomic E-state index is 12.3. The van der Waals surface area contributed by atoms with Crippen molar-refractivity contribution >= 4 is 40.7 Å². The molecule has 0 unspecified atom stereocenters. The molecule has 144 valence electrons. The molecule has 2 aromatic carbocycles. The van der Waals surface area contributed by atoms with Crippen LogP contribution in [0.1, 0.15) is 38.8 Å². The first-order valence-corrected chi connectivity index (χ1v) is 9.22. The number of rotatable bonds is 4. The smallest absolute Gasteiger partial charge is 0.262 e. The molecule has 0 fully saturated rings. The van der Waals surface area contributed by atoms with Gasteiger partial charge < -0.3 is 5.32 Å². The van der Waals surface area contributed by atoms with Gasteiger partial charge in [0.15, 0.2) is 5.11 Å². The van der Waals surface area contributed by atoms with Gasteiger partial charge in [0, 0.05) is 5.69 Å². The predicted molar refractivity (Wildman–Crippen MR) is 110 cm³/mol. The predicted octanol–water partition coefficient (Wildman–Crippen LogP) is 2.17. The normalized spacial score (nSPS) is 12.6. The van der Waals surface area contributed by atoms with Crippen molar-refractivity contribution in [2.75, 3.05) is 11.9 Å². The molecule has 0 aromatic heterocycles. The number of anilines is 1. The van der Waals surface area contributed by atoms with Crippen molar-refractivity contribution in [1.82, 2.24) is 15.8 Å². The number of thiocarbonyl (C=S) groups is 1. The molecular formula is C20H20N4O3S. The number of amides is 3. The minimum absolute atomic E-state index is 0.208. The van der Waals surface area contributed by atoms with Crippen molar-refractivity contribution in [1.29, 1.82) is 0 Å². The van der Waals surface area contributed by atoms with Gasteiger partial charge in [0.25, 0.3) is 17.7 Å². The monoisotopic (exact) mass is 396 g/mol. The van der Waals surface area contributed by atoms with Crippen LogP contribution in [0, 0.1) is 6.92 Å². The maximum atomic E-state index is 12.3. The summed E-state index contributed by atoms with van der Waals surface area (Å²) in [5.74, 6) is -1.52. The van der Waals surface area contributed by atoms with E-state index in [1.54, 1.807) is 24.3 Å². The fourth-order valence-electron chi connectivity index (χ4n) is 3.04. The quantitative estimate of drug-likeness (QED) is 0.417. The molecule has 1 heterocycles. The Kier molecular flexibility index (Phi) is 5.70. The Hall–Kier alpha value is -3.26. The van der Waals surface area contributed by atoms with Crippen LogP contribution >= 0.6 is 12.2 Å². The molecule has 0 bridgehead atoms. The summed E-state index contributed by atoms with van der Waals surface area (Å²) in [5.41, 5.74) is 8.64. The Balaban J connectivity index is 1.56. The third-order valence-electron chi connectivity index (χ3n) is 4.47. The Labute approximate surface area is 168 Å². The van der Waals surface area contributed by atoms with Gasteiger partial charge in [-0.05, 0) is 48.8 Å². The average molecular weight is 396 g/mol. The lowest BCUT2D eigenvalue weighted by Crippen LogP contribution is -2.48. The Morgan fingerprint density at radius 3 is 2.25 bits per heavy atom. The molecule has 3 rings (SSSR count). The lowest BCUT2D eigenvalue weighted by molar-refractivity contribution is -0.121. The zero-order valence-electron chi connectivity index (χ0n) is 15.5. The van der Waals surface area contributed by atoms with Gasteiger partial charge in [-0.3, -0.25) is 30.1 Å². The molecule has 3 amide bonds. The highest BCUT2D eigenvalue weighted by atomic mass is 32.1. The molecule has 3 N–H and O–H groups in total. The van der Waals surface area contributed by atoms with Crippen LogP contribution in [0.3, 0.4) is 0 Å². The van der Waals surface area contributed by atoms with Crippen LogP contribution in [0.15, 0.2) is 42.5 Å². The highest BCUT2D eigenvalue weighted by Gasteiger charge is 2.36. The van der Waals surface area contributed by atoms with Crippen molar-refractivity contribution in [3.8, 4) is 0 Å². The number of hydrogen-bond donors (Lipinski definition) is 3. The van der Waals surface area contributed by atoms with Crippen molar-refractivity contribution in [2.45, 2.75) is 20.3 Å². The number of benzene rings is 2. The summed E-state index contributed by atoms with van der Waals surface area (Å²) in [5, 5.41) is 3.28. The first kappa shape index (κ1) is 19.5. The molecule has 0 radical (unpaired) electrons. The number of carbonyl (C=O) groups excluding carboxylic acids is 3. The lowest BCUT2D eigenvalue weighted by atomic mass is 10.1. The molecular weight excluding hydrogens is 376 g/mol. The second-order valence-electron chi connectivity index (χ2n) is 6.33. The first-order valence-electron chi connectivity index (χ1n) is 8.82. The van der Waals surface area contributed by atoms with Gasteiger partial charge in [-0.2, -0.15) is 0 Å². The van der Waals surface area contributed by atoms with E-state index < -0.39 is 24.3 Å². The fourth-order valence-corrected chi connectivity index (χ4v) is 3.19. The van der Waals surface area contributed by atoms with Crippen LogP contribution in [0.4, 0.5) is 5.69 Å². The largest absolute Gasteiger partial charge is 0.331 e. The number of fused-ring (bicyclic) bond motifs is 1. The zero-order valence-corrected chi connectivity index (χ0v) is 16.4. The van der Waals surface area contributed by atoms with E-state index in [1.165, 1.54) is 0 Å². The molecule has 0 aliphatic carbocycles. The third kappa shape index (κ3) is 3.86. The maximum Gasteiger partial charge on any atom is 0.262 e. The van der Waals surface area contributed by atoms with Gasteiger partial charge in [-0.25, -0.2) is 0 Å². The van der Waals surface area contributed by atoms with E-state index in [0.29, 0.717) is 11.1 Å². The van der Waals surface area contributed by atoms with E-state index in [1.807, 2.05) is 32.0 Å². The SMILES string of the molecule is CCc1cccc(C)c1NC(=S)NNC(=O)CN1C(=O)c2ccccc2C1=O. The van der Waals surface area contributed by atoms with Gasteiger partial charge in [0.1, 0.15) is 6.54 Å². The molecule has 0 atom stereocenters. The number of nitrogens with zero attached hydrogens (tertiary/aromatic N) is 1. The van der Waals surface area contributed by atoms with Crippen molar-refractivity contribution < 1.29 is 14.4 Å². The van der Waals surface area contributed by atoms with Crippen LogP contribution in [-0.2, 0) is 11.2 Å². The van der Waals surface area contributed by atoms with Crippen LogP contribution in [0.5, 0.6) is 0 Å². The molecule has 7 nitrogen and oxygen atoms in total. The summed E-state index contributed by atoms with van der Waals surface area (Å²) in [6.07, 6.45) is 0.832. The minimum atomic E-state index is -0.556. The van der Waals surface area contributed by atoms with Gasteiger partial charge in [0.2, 0.25) is 0 Å². The van der Waals surface area contributed by atoms with E-state index in [-0.39, 0.29) is 5.11 Å². The third-order valence-corrected chi connectivity index (χ3v) is 4.68. The Morgan fingerprint density at radius 2 is 1.64 bits per heavy atom. The first-order chi connectivity index (χ1) is 13.4. The molecule has 1 aliphatic heterocycles. The lowest BCUT2D eigenvalue weighted by Gasteiger charge is -2.17. The van der Waals surface area contributed by atoms with Crippen LogP contribution in [0.2, 0.25) is 0 Å². The van der Waals surface area contributed by atoms with E-state index in [9.17, 15) is 14.4 Å². The molecule has 8 heteroatoms. The molecule has 0 saturated heterocycles. The average Bonchev–Trinajstić information content (AvgIpc) is 2.93. The number of para-hydroxylation sites is 1. The summed E-state index contributed by atoms with van der Waals surface area (Å²) in [4.78, 5) is 37.7. The van der Waals surface area contributed by atoms with Gasteiger partial charge >= 0.3 is 0 Å². The number of aryl methyl sites for hydroxylation is 2. The van der Waals surface area contributed by atoms with E-state index in [0.717, 1.165) is 28.1 Å². The Morgan fingerprint density at radius 1 is 1.00 bits per heavy atom. The number of nitrogens with one attached hydrogen (secondary N) is 3. The molecule has 1 aliphatic rings. The van der Waals surface area contributed by atoms with Crippen molar-refractivity contribution in [3.63, 3.8) is 0 Å². The second kappa shape index (κ2) is 8.18. The number of imide groups is 1. The van der Waals surface area contributed by atoms with Crippen molar-refractivity contribution in [3.05, 3.63) is 64.7 Å². The summed E-state index contributed by atoms with van der Waals surface area (Å²) in [6.45, 7) is 3.61. The standard InChI is InChI=1S/C20H20N4O3S/c1-3-13-8-6-7-12(2)17(13)21-20(28)23-22-16(25)11-24-18(26)14-9-4-5-10-15(14)19(24)27/h4-10H,3,11H2,1-2H3,(H,22,25)(H2,21,23,28). The van der Waals surface area contributed by atoms with E-state index in [2.05, 4.69) is 16.2 Å². The summed E-state index contributed by atoms with van der Waals surface area (Å²) >= 11 is 5.22. The summed E-state index contributed by atoms with van der Waals surface area (Å²) in [7, 11) is 0. The molecule has 2 aromatic rings. The Bertz CT molecular complexity index is 939. The number of hydrazine groups is 1. The second-order valence-corrected chi connectivity index (χ2v) is 6.74. The summed E-state index contributed by atoms with van der Waals surface area (Å²) < 4.78 is 0. The molecule has 28 heavy (non-hydrogen) atoms. The topological polar surface area (TPSA) is 90.5 Å². The highest BCUT2D eigenvalue weighted by Crippen LogP contribution is 2.22. The number of hydrogen-bond acceptors (Lipinski definition) is 4. The van der Waals surface area contributed by atoms with Gasteiger partial charge in [-0.15, -0.1) is 0 Å². The van der Waals surface area contributed by atoms with E-state index in [4.69, 9.17) is 12.2 Å². The molecule has 0 spiro atoms. The van der Waals surface area contributed by atoms with Crippen LogP contribution in [0.25, 0.3) is 0 Å². The zero-order chi connectivity index (χ0) is 20.3. The minimum Gasteiger partial charge on any atom is -0.331 e. The van der Waals surface area contributed by atoms with Gasteiger partial charge in [-0.1, -0.05) is 37.3 Å². The molecule has 0 saturated carbocycles. The van der Waals surface area contributed by atoms with Crippen molar-refractivity contribution in [2.24, 2.45) is 0 Å². The van der Waals surface area contributed by atoms with E-state index >= 15 is 0 Å². The van der Waals surface area contributed by atoms with Crippen LogP contribution in [-0.4, -0.2) is 34.3 Å². The van der Waals surface area contributed by atoms with Crippen LogP contribution < -0.4 is 16.2 Å². The number of carbonyl (C=O) groups is 3. The fraction of sp³-hybridized carbons (Fsp3) is 0.200. The van der Waals surface area contributed by atoms with Gasteiger partial charge in [0.05, 0.1) is 11.1 Å². The highest BCUT2D eigenvalue weighted by molar-refractivity contribution is 7.80.